The van der Waals surface area contributed by atoms with Crippen molar-refractivity contribution in [3.63, 3.8) is 0 Å². The van der Waals surface area contributed by atoms with Gasteiger partial charge < -0.3 is 15.8 Å². The Kier molecular flexibility index (Phi) is 7.20. The SMILES string of the molecule is CCCC(CCC=N)CNc1c(C(=O)C2CC2)cnc2ccc(-c3cc(F)c(O)c(F)c3)cc12. The number of benzene rings is 2. The number of anilines is 1. The number of nitrogens with one attached hydrogen (secondary N) is 2. The number of phenols is 1. The normalized spacial score (nSPS) is 14.2. The lowest BCUT2D eigenvalue weighted by molar-refractivity contribution is 0.0968. The van der Waals surface area contributed by atoms with Gasteiger partial charge in [0, 0.05) is 24.0 Å². The third kappa shape index (κ3) is 5.08. The Labute approximate surface area is 197 Å². The molecule has 178 valence electrons. The summed E-state index contributed by atoms with van der Waals surface area (Å²) < 4.78 is 28.0. The summed E-state index contributed by atoms with van der Waals surface area (Å²) in [5.74, 6) is -2.63. The summed E-state index contributed by atoms with van der Waals surface area (Å²) >= 11 is 0. The first kappa shape index (κ1) is 23.8. The summed E-state index contributed by atoms with van der Waals surface area (Å²) in [4.78, 5) is 17.6. The average molecular weight is 466 g/mol. The molecule has 5 nitrogen and oxygen atoms in total. The lowest BCUT2D eigenvalue weighted by Crippen LogP contribution is -2.17. The molecule has 2 aromatic carbocycles. The number of aromatic nitrogens is 1. The first-order valence-corrected chi connectivity index (χ1v) is 11.8. The lowest BCUT2D eigenvalue weighted by Gasteiger charge is -2.20. The smallest absolute Gasteiger partial charge is 0.187 e. The second-order valence-corrected chi connectivity index (χ2v) is 9.02. The number of halogens is 2. The Balaban J connectivity index is 1.77. The topological polar surface area (TPSA) is 86.1 Å². The van der Waals surface area contributed by atoms with Gasteiger partial charge in [0.25, 0.3) is 0 Å². The van der Waals surface area contributed by atoms with Crippen molar-refractivity contribution in [3.05, 3.63) is 53.7 Å². The van der Waals surface area contributed by atoms with Crippen LogP contribution >= 0.6 is 0 Å². The highest BCUT2D eigenvalue weighted by molar-refractivity contribution is 6.10. The number of fused-ring (bicyclic) bond motifs is 1. The van der Waals surface area contributed by atoms with E-state index in [1.54, 1.807) is 24.4 Å². The summed E-state index contributed by atoms with van der Waals surface area (Å²) in [6.45, 7) is 2.78. The molecule has 1 atom stereocenters. The zero-order valence-electron chi connectivity index (χ0n) is 19.2. The van der Waals surface area contributed by atoms with Crippen LogP contribution in [-0.2, 0) is 0 Å². The number of aromatic hydroxyl groups is 1. The minimum Gasteiger partial charge on any atom is -0.503 e. The van der Waals surface area contributed by atoms with Crippen molar-refractivity contribution < 1.29 is 18.7 Å². The lowest BCUT2D eigenvalue weighted by atomic mass is 9.96. The van der Waals surface area contributed by atoms with E-state index in [0.29, 0.717) is 46.6 Å². The van der Waals surface area contributed by atoms with E-state index in [1.165, 1.54) is 6.21 Å². The van der Waals surface area contributed by atoms with Gasteiger partial charge in [0.05, 0.1) is 16.8 Å². The van der Waals surface area contributed by atoms with Crippen molar-refractivity contribution in [1.82, 2.24) is 4.98 Å². The number of hydrogen-bond donors (Lipinski definition) is 3. The second-order valence-electron chi connectivity index (χ2n) is 9.02. The van der Waals surface area contributed by atoms with Crippen molar-refractivity contribution >= 4 is 28.6 Å². The molecule has 1 aliphatic carbocycles. The zero-order chi connectivity index (χ0) is 24.2. The van der Waals surface area contributed by atoms with Crippen LogP contribution in [0.15, 0.2) is 36.5 Å². The third-order valence-electron chi connectivity index (χ3n) is 6.42. The molecule has 0 radical (unpaired) electrons. The second kappa shape index (κ2) is 10.3. The molecule has 4 rings (SSSR count). The van der Waals surface area contributed by atoms with Gasteiger partial charge in [0.2, 0.25) is 0 Å². The molecule has 1 aromatic heterocycles. The Morgan fingerprint density at radius 2 is 1.94 bits per heavy atom. The van der Waals surface area contributed by atoms with Gasteiger partial charge in [-0.2, -0.15) is 0 Å². The molecule has 3 aromatic rings. The number of carbonyl (C=O) groups is 1. The first-order chi connectivity index (χ1) is 16.4. The van der Waals surface area contributed by atoms with Gasteiger partial charge in [0.1, 0.15) is 0 Å². The predicted octanol–water partition coefficient (Wildman–Crippen LogP) is 6.74. The molecule has 1 unspecified atom stereocenters. The summed E-state index contributed by atoms with van der Waals surface area (Å²) in [5, 5.41) is 21.0. The van der Waals surface area contributed by atoms with E-state index in [2.05, 4.69) is 17.2 Å². The number of rotatable bonds is 11. The van der Waals surface area contributed by atoms with Crippen LogP contribution in [0.2, 0.25) is 0 Å². The molecule has 34 heavy (non-hydrogen) atoms. The molecule has 3 N–H and O–H groups in total. The Morgan fingerprint density at radius 1 is 1.21 bits per heavy atom. The number of Topliss-reactive ketones (excluding diaryl/α,β-unsaturated/α-hetero) is 1. The van der Waals surface area contributed by atoms with Crippen molar-refractivity contribution in [2.75, 3.05) is 11.9 Å². The molecule has 0 amide bonds. The van der Waals surface area contributed by atoms with Gasteiger partial charge in [-0.25, -0.2) is 8.78 Å². The van der Waals surface area contributed by atoms with Crippen LogP contribution < -0.4 is 5.32 Å². The summed E-state index contributed by atoms with van der Waals surface area (Å²) in [5.41, 5.74) is 2.75. The molecule has 0 spiro atoms. The van der Waals surface area contributed by atoms with Crippen molar-refractivity contribution in [3.8, 4) is 16.9 Å². The standard InChI is InChI=1S/C27H29F2N3O2/c1-2-4-16(5-3-10-30)14-32-25-20-11-18(19-12-22(28)27(34)23(29)13-19)8-9-24(20)31-15-21(25)26(33)17-6-7-17/h8-13,15-17,30,34H,2-7,14H2,1H3,(H,31,32). The molecule has 1 saturated carbocycles. The van der Waals surface area contributed by atoms with Gasteiger partial charge in [0.15, 0.2) is 23.2 Å². The summed E-state index contributed by atoms with van der Waals surface area (Å²) in [6, 6.07) is 7.45. The number of hydrogen-bond acceptors (Lipinski definition) is 5. The monoisotopic (exact) mass is 465 g/mol. The van der Waals surface area contributed by atoms with Gasteiger partial charge >= 0.3 is 0 Å². The Bertz CT molecular complexity index is 1200. The molecule has 1 heterocycles. The van der Waals surface area contributed by atoms with Crippen molar-refractivity contribution in [1.29, 1.82) is 5.41 Å². The maximum atomic E-state index is 14.0. The molecular weight excluding hydrogens is 436 g/mol. The minimum absolute atomic E-state index is 0.0210. The predicted molar refractivity (Wildman–Crippen MR) is 131 cm³/mol. The van der Waals surface area contributed by atoms with Gasteiger partial charge in [-0.15, -0.1) is 0 Å². The van der Waals surface area contributed by atoms with E-state index in [1.807, 2.05) is 0 Å². The van der Waals surface area contributed by atoms with E-state index in [9.17, 15) is 18.7 Å². The van der Waals surface area contributed by atoms with Crippen LogP contribution in [0.4, 0.5) is 14.5 Å². The van der Waals surface area contributed by atoms with E-state index in [4.69, 9.17) is 5.41 Å². The highest BCUT2D eigenvalue weighted by atomic mass is 19.1. The van der Waals surface area contributed by atoms with Crippen LogP contribution in [0.5, 0.6) is 5.75 Å². The minimum atomic E-state index is -1.03. The summed E-state index contributed by atoms with van der Waals surface area (Å²) in [6.07, 6.45) is 8.42. The fourth-order valence-electron chi connectivity index (χ4n) is 4.37. The summed E-state index contributed by atoms with van der Waals surface area (Å²) in [7, 11) is 0. The van der Waals surface area contributed by atoms with Crippen molar-refractivity contribution in [2.45, 2.75) is 45.4 Å². The third-order valence-corrected chi connectivity index (χ3v) is 6.42. The van der Waals surface area contributed by atoms with E-state index < -0.39 is 17.4 Å². The highest BCUT2D eigenvalue weighted by Gasteiger charge is 2.32. The van der Waals surface area contributed by atoms with Crippen LogP contribution in [0, 0.1) is 28.9 Å². The van der Waals surface area contributed by atoms with Gasteiger partial charge in [-0.3, -0.25) is 9.78 Å². The maximum absolute atomic E-state index is 14.0. The average Bonchev–Trinajstić information content (AvgIpc) is 3.68. The molecule has 0 saturated heterocycles. The van der Waals surface area contributed by atoms with Gasteiger partial charge in [-0.1, -0.05) is 19.4 Å². The van der Waals surface area contributed by atoms with E-state index in [0.717, 1.165) is 44.2 Å². The number of nitrogens with zero attached hydrogens (tertiary/aromatic N) is 1. The fourth-order valence-corrected chi connectivity index (χ4v) is 4.37. The number of pyridine rings is 1. The molecule has 1 fully saturated rings. The van der Waals surface area contributed by atoms with E-state index >= 15 is 0 Å². The Morgan fingerprint density at radius 3 is 2.59 bits per heavy atom. The van der Waals surface area contributed by atoms with Crippen LogP contribution in [0.3, 0.4) is 0 Å². The number of ketones is 1. The van der Waals surface area contributed by atoms with Crippen LogP contribution in [0.25, 0.3) is 22.0 Å². The number of phenolic OH excluding ortho intramolecular Hbond substituents is 1. The largest absolute Gasteiger partial charge is 0.503 e. The van der Waals surface area contributed by atoms with E-state index in [-0.39, 0.29) is 17.3 Å². The fraction of sp³-hybridized carbons (Fsp3) is 0.370. The van der Waals surface area contributed by atoms with Crippen molar-refractivity contribution in [2.24, 2.45) is 11.8 Å². The first-order valence-electron chi connectivity index (χ1n) is 11.8. The molecule has 0 bridgehead atoms. The molecule has 1 aliphatic rings. The number of carbonyl (C=O) groups excluding carboxylic acids is 1. The highest BCUT2D eigenvalue weighted by Crippen LogP contribution is 2.38. The Hall–Kier alpha value is -3.35. The molecule has 7 heteroatoms. The quantitative estimate of drug-likeness (QED) is 0.216. The van der Waals surface area contributed by atoms with Gasteiger partial charge in [-0.05, 0) is 79.6 Å². The zero-order valence-corrected chi connectivity index (χ0v) is 19.2. The molecular formula is C27H29F2N3O2. The van der Waals surface area contributed by atoms with Crippen LogP contribution in [-0.4, -0.2) is 28.6 Å². The van der Waals surface area contributed by atoms with Crippen LogP contribution in [0.1, 0.15) is 55.8 Å². The molecule has 0 aliphatic heterocycles. The maximum Gasteiger partial charge on any atom is 0.187 e.